The molecule has 0 bridgehead atoms. The number of hydrogen-bond donors (Lipinski definition) is 1. The first kappa shape index (κ1) is 18.4. The van der Waals surface area contributed by atoms with Crippen molar-refractivity contribution >= 4 is 5.97 Å². The van der Waals surface area contributed by atoms with Gasteiger partial charge in [0.05, 0.1) is 17.8 Å². The number of likely N-dealkylation sites (tertiary alicyclic amines) is 1. The van der Waals surface area contributed by atoms with Crippen LogP contribution in [0.4, 0.5) is 0 Å². The summed E-state index contributed by atoms with van der Waals surface area (Å²) in [5.41, 5.74) is 1.94. The van der Waals surface area contributed by atoms with Crippen molar-refractivity contribution in [3.05, 3.63) is 71.7 Å². The Bertz CT molecular complexity index is 931. The van der Waals surface area contributed by atoms with Gasteiger partial charge in [-0.1, -0.05) is 18.2 Å². The number of carboxylic acids is 1. The molecule has 1 fully saturated rings. The van der Waals surface area contributed by atoms with Crippen LogP contribution in [0.1, 0.15) is 34.7 Å². The van der Waals surface area contributed by atoms with Crippen LogP contribution < -0.4 is 0 Å². The van der Waals surface area contributed by atoms with Crippen molar-refractivity contribution in [1.82, 2.24) is 15.1 Å². The third-order valence-corrected chi connectivity index (χ3v) is 5.30. The highest BCUT2D eigenvalue weighted by Gasteiger charge is 2.21. The second kappa shape index (κ2) is 8.35. The van der Waals surface area contributed by atoms with Crippen LogP contribution in [0.3, 0.4) is 0 Å². The third-order valence-electron chi connectivity index (χ3n) is 5.30. The predicted octanol–water partition coefficient (Wildman–Crippen LogP) is 3.89. The van der Waals surface area contributed by atoms with Gasteiger partial charge in [0.1, 0.15) is 11.5 Å². The number of benzene rings is 1. The molecule has 4 rings (SSSR count). The highest BCUT2D eigenvalue weighted by molar-refractivity contribution is 5.95. The fourth-order valence-corrected chi connectivity index (χ4v) is 3.80. The van der Waals surface area contributed by atoms with Crippen LogP contribution in [0.25, 0.3) is 11.3 Å². The van der Waals surface area contributed by atoms with Crippen LogP contribution in [-0.2, 0) is 13.0 Å². The Kier molecular flexibility index (Phi) is 5.48. The third kappa shape index (κ3) is 4.28. The first-order valence-electron chi connectivity index (χ1n) is 9.59. The molecule has 1 saturated heterocycles. The summed E-state index contributed by atoms with van der Waals surface area (Å²) in [5, 5.41) is 17.5. The molecule has 3 aromatic rings. The van der Waals surface area contributed by atoms with Gasteiger partial charge < -0.3 is 9.52 Å². The quantitative estimate of drug-likeness (QED) is 0.702. The summed E-state index contributed by atoms with van der Waals surface area (Å²) < 4.78 is 5.96. The summed E-state index contributed by atoms with van der Waals surface area (Å²) in [6.07, 6.45) is 4.95. The number of carbonyl (C=O) groups is 1. The zero-order valence-corrected chi connectivity index (χ0v) is 15.6. The Morgan fingerprint density at radius 3 is 2.68 bits per heavy atom. The molecule has 0 radical (unpaired) electrons. The molecule has 144 valence electrons. The van der Waals surface area contributed by atoms with E-state index in [9.17, 15) is 9.90 Å². The standard InChI is InChI=1S/C22H23N3O3/c26-22(27)20-6-2-1-5-19(20)21-8-7-18(28-21)15-25-12-9-16(10-13-25)14-17-4-3-11-23-24-17/h1-8,11,16H,9-10,12-15H2,(H,26,27). The van der Waals surface area contributed by atoms with Crippen LogP contribution in [0.15, 0.2) is 59.1 Å². The van der Waals surface area contributed by atoms with Crippen molar-refractivity contribution in [3.8, 4) is 11.3 Å². The number of furan rings is 1. The van der Waals surface area contributed by atoms with Gasteiger partial charge in [-0.25, -0.2) is 4.79 Å². The second-order valence-corrected chi connectivity index (χ2v) is 7.26. The fourth-order valence-electron chi connectivity index (χ4n) is 3.80. The number of aromatic nitrogens is 2. The monoisotopic (exact) mass is 377 g/mol. The maximum absolute atomic E-state index is 11.4. The van der Waals surface area contributed by atoms with Crippen LogP contribution in [-0.4, -0.2) is 39.3 Å². The van der Waals surface area contributed by atoms with Gasteiger partial charge in [-0.3, -0.25) is 4.90 Å². The van der Waals surface area contributed by atoms with E-state index < -0.39 is 5.97 Å². The van der Waals surface area contributed by atoms with E-state index in [-0.39, 0.29) is 5.56 Å². The van der Waals surface area contributed by atoms with Gasteiger partial charge in [0.2, 0.25) is 0 Å². The number of rotatable bonds is 6. The topological polar surface area (TPSA) is 79.5 Å². The van der Waals surface area contributed by atoms with E-state index >= 15 is 0 Å². The van der Waals surface area contributed by atoms with Crippen LogP contribution in [0, 0.1) is 5.92 Å². The minimum atomic E-state index is -0.946. The molecule has 3 heterocycles. The van der Waals surface area contributed by atoms with Crippen LogP contribution in [0.5, 0.6) is 0 Å². The van der Waals surface area contributed by atoms with Crippen molar-refractivity contribution in [3.63, 3.8) is 0 Å². The minimum absolute atomic E-state index is 0.258. The molecule has 1 aliphatic rings. The Hall–Kier alpha value is -2.99. The Labute approximate surface area is 163 Å². The predicted molar refractivity (Wildman–Crippen MR) is 105 cm³/mol. The molecule has 0 amide bonds. The largest absolute Gasteiger partial charge is 0.478 e. The summed E-state index contributed by atoms with van der Waals surface area (Å²) >= 11 is 0. The van der Waals surface area contributed by atoms with Gasteiger partial charge in [0, 0.05) is 11.8 Å². The summed E-state index contributed by atoms with van der Waals surface area (Å²) in [7, 11) is 0. The van der Waals surface area contributed by atoms with E-state index in [2.05, 4.69) is 15.1 Å². The molecule has 2 aromatic heterocycles. The van der Waals surface area contributed by atoms with Gasteiger partial charge in [0.25, 0.3) is 0 Å². The van der Waals surface area contributed by atoms with Gasteiger partial charge >= 0.3 is 5.97 Å². The summed E-state index contributed by atoms with van der Waals surface area (Å²) in [6, 6.07) is 14.7. The molecule has 0 atom stereocenters. The molecular weight excluding hydrogens is 354 g/mol. The molecule has 6 nitrogen and oxygen atoms in total. The first-order valence-corrected chi connectivity index (χ1v) is 9.59. The molecule has 6 heteroatoms. The number of hydrogen-bond acceptors (Lipinski definition) is 5. The van der Waals surface area contributed by atoms with Crippen molar-refractivity contribution in [2.45, 2.75) is 25.8 Å². The van der Waals surface area contributed by atoms with E-state index in [0.29, 0.717) is 17.2 Å². The maximum Gasteiger partial charge on any atom is 0.336 e. The number of nitrogens with zero attached hydrogens (tertiary/aromatic N) is 3. The van der Waals surface area contributed by atoms with Gasteiger partial charge in [-0.15, -0.1) is 0 Å². The lowest BCUT2D eigenvalue weighted by molar-refractivity contribution is 0.0697. The molecule has 1 N–H and O–H groups in total. The zero-order chi connectivity index (χ0) is 19.3. The fraction of sp³-hybridized carbons (Fsp3) is 0.318. The number of aromatic carboxylic acids is 1. The van der Waals surface area contributed by atoms with Crippen LogP contribution in [0.2, 0.25) is 0 Å². The molecule has 0 aliphatic carbocycles. The molecule has 28 heavy (non-hydrogen) atoms. The highest BCUT2D eigenvalue weighted by atomic mass is 16.4. The summed E-state index contributed by atoms with van der Waals surface area (Å²) in [5.74, 6) is 1.16. The van der Waals surface area contributed by atoms with E-state index in [4.69, 9.17) is 4.42 Å². The van der Waals surface area contributed by atoms with Gasteiger partial charge in [0.15, 0.2) is 0 Å². The average Bonchev–Trinajstić information content (AvgIpc) is 3.18. The summed E-state index contributed by atoms with van der Waals surface area (Å²) in [4.78, 5) is 13.8. The number of carboxylic acid groups (broad SMARTS) is 1. The van der Waals surface area contributed by atoms with E-state index in [1.165, 1.54) is 0 Å². The lowest BCUT2D eigenvalue weighted by Crippen LogP contribution is -2.33. The smallest absolute Gasteiger partial charge is 0.336 e. The zero-order valence-electron chi connectivity index (χ0n) is 15.6. The van der Waals surface area contributed by atoms with Crippen molar-refractivity contribution < 1.29 is 14.3 Å². The van der Waals surface area contributed by atoms with Crippen molar-refractivity contribution in [1.29, 1.82) is 0 Å². The second-order valence-electron chi connectivity index (χ2n) is 7.26. The van der Waals surface area contributed by atoms with E-state index in [1.54, 1.807) is 24.4 Å². The minimum Gasteiger partial charge on any atom is -0.478 e. The van der Waals surface area contributed by atoms with Crippen molar-refractivity contribution in [2.75, 3.05) is 13.1 Å². The molecule has 1 aliphatic heterocycles. The summed E-state index contributed by atoms with van der Waals surface area (Å²) in [6.45, 7) is 2.78. The normalized spacial score (nSPS) is 15.6. The van der Waals surface area contributed by atoms with E-state index in [1.807, 2.05) is 30.3 Å². The molecule has 1 aromatic carbocycles. The van der Waals surface area contributed by atoms with Crippen molar-refractivity contribution in [2.24, 2.45) is 5.92 Å². The van der Waals surface area contributed by atoms with Crippen LogP contribution >= 0.6 is 0 Å². The molecular formula is C22H23N3O3. The van der Waals surface area contributed by atoms with Gasteiger partial charge in [-0.05, 0) is 68.6 Å². The highest BCUT2D eigenvalue weighted by Crippen LogP contribution is 2.28. The Morgan fingerprint density at radius 2 is 1.93 bits per heavy atom. The van der Waals surface area contributed by atoms with Gasteiger partial charge in [-0.2, -0.15) is 10.2 Å². The first-order chi connectivity index (χ1) is 13.7. The molecule has 0 spiro atoms. The average molecular weight is 377 g/mol. The Morgan fingerprint density at radius 1 is 1.11 bits per heavy atom. The maximum atomic E-state index is 11.4. The SMILES string of the molecule is O=C(O)c1ccccc1-c1ccc(CN2CCC(Cc3cccnn3)CC2)o1. The van der Waals surface area contributed by atoms with E-state index in [0.717, 1.165) is 50.4 Å². The number of piperidine rings is 1. The molecule has 0 saturated carbocycles. The molecule has 0 unspecified atom stereocenters. The lowest BCUT2D eigenvalue weighted by Gasteiger charge is -2.31. The Balaban J connectivity index is 1.35. The lowest BCUT2D eigenvalue weighted by atomic mass is 9.92.